The number of nitro benzene ring substituents is 1. The largest absolute Gasteiger partial charge is 0.501 e. The van der Waals surface area contributed by atoms with E-state index in [0.29, 0.717) is 25.1 Å². The molecule has 1 aromatic carbocycles. The maximum absolute atomic E-state index is 12.6. The van der Waals surface area contributed by atoms with Crippen LogP contribution in [0.4, 0.5) is 24.5 Å². The molecule has 1 fully saturated rings. The van der Waals surface area contributed by atoms with E-state index in [2.05, 4.69) is 17.1 Å². The average Bonchev–Trinajstić information content (AvgIpc) is 2.53. The van der Waals surface area contributed by atoms with E-state index in [1.807, 2.05) is 0 Å². The van der Waals surface area contributed by atoms with Crippen molar-refractivity contribution in [2.75, 3.05) is 31.5 Å². The monoisotopic (exact) mass is 395 g/mol. The van der Waals surface area contributed by atoms with Gasteiger partial charge in [-0.15, -0.1) is 0 Å². The molecule has 0 spiro atoms. The average molecular weight is 395 g/mol. The summed E-state index contributed by atoms with van der Waals surface area (Å²) in [7, 11) is -5.63. The third kappa shape index (κ3) is 4.64. The summed E-state index contributed by atoms with van der Waals surface area (Å²) >= 11 is 0. The summed E-state index contributed by atoms with van der Waals surface area (Å²) in [5.74, 6) is 0.574. The van der Waals surface area contributed by atoms with Gasteiger partial charge in [-0.2, -0.15) is 13.2 Å². The zero-order chi connectivity index (χ0) is 19.5. The Labute approximate surface area is 149 Å². The van der Waals surface area contributed by atoms with Crippen molar-refractivity contribution in [2.24, 2.45) is 5.92 Å². The molecule has 1 heterocycles. The van der Waals surface area contributed by atoms with Crippen LogP contribution >= 0.6 is 0 Å². The van der Waals surface area contributed by atoms with Gasteiger partial charge >= 0.3 is 5.51 Å². The molecule has 0 amide bonds. The lowest BCUT2D eigenvalue weighted by atomic mass is 10.0. The fourth-order valence-corrected chi connectivity index (χ4v) is 3.73. The quantitative estimate of drug-likeness (QED) is 0.588. The minimum Gasteiger partial charge on any atom is -0.378 e. The molecule has 146 valence electrons. The second kappa shape index (κ2) is 7.78. The number of sulfone groups is 1. The van der Waals surface area contributed by atoms with E-state index >= 15 is 0 Å². The van der Waals surface area contributed by atoms with Gasteiger partial charge in [0.15, 0.2) is 0 Å². The van der Waals surface area contributed by atoms with E-state index in [4.69, 9.17) is 0 Å². The molecule has 2 rings (SSSR count). The van der Waals surface area contributed by atoms with E-state index in [-0.39, 0.29) is 5.69 Å². The van der Waals surface area contributed by atoms with Crippen LogP contribution in [0.1, 0.15) is 19.8 Å². The van der Waals surface area contributed by atoms with Crippen LogP contribution in [0.3, 0.4) is 0 Å². The Morgan fingerprint density at radius 1 is 1.38 bits per heavy atom. The van der Waals surface area contributed by atoms with E-state index in [0.717, 1.165) is 38.1 Å². The molecule has 1 aliphatic heterocycles. The van der Waals surface area contributed by atoms with Crippen molar-refractivity contribution in [3.05, 3.63) is 28.3 Å². The highest BCUT2D eigenvalue weighted by atomic mass is 32.2. The van der Waals surface area contributed by atoms with Gasteiger partial charge in [0.05, 0.1) is 9.82 Å². The van der Waals surface area contributed by atoms with Gasteiger partial charge < -0.3 is 10.2 Å². The number of anilines is 1. The molecule has 0 bridgehead atoms. The number of benzene rings is 1. The van der Waals surface area contributed by atoms with Crippen molar-refractivity contribution in [3.8, 4) is 0 Å². The van der Waals surface area contributed by atoms with Crippen LogP contribution in [0, 0.1) is 16.0 Å². The molecule has 7 nitrogen and oxygen atoms in total. The lowest BCUT2D eigenvalue weighted by Crippen LogP contribution is -2.37. The Morgan fingerprint density at radius 3 is 2.65 bits per heavy atom. The molecule has 1 saturated heterocycles. The van der Waals surface area contributed by atoms with Crippen molar-refractivity contribution in [1.82, 2.24) is 4.90 Å². The third-order valence-corrected chi connectivity index (χ3v) is 5.75. The maximum Gasteiger partial charge on any atom is 0.501 e. The van der Waals surface area contributed by atoms with E-state index in [9.17, 15) is 31.7 Å². The minimum absolute atomic E-state index is 0.0128. The number of nitrogens with zero attached hydrogens (tertiary/aromatic N) is 2. The van der Waals surface area contributed by atoms with Crippen molar-refractivity contribution in [2.45, 2.75) is 30.2 Å². The van der Waals surface area contributed by atoms with Gasteiger partial charge in [-0.1, -0.05) is 6.92 Å². The minimum atomic E-state index is -5.63. The molecule has 1 aromatic rings. The predicted octanol–water partition coefficient (Wildman–Crippen LogP) is 3.03. The fourth-order valence-electron chi connectivity index (χ4n) is 2.95. The standard InChI is InChI=1S/C15H20F3N3O4S/c1-11-3-2-7-20(10-11)8-6-19-13-5-4-12(9-14(13)21(22)23)26(24,25)15(16,17)18/h4-5,9,11,19H,2-3,6-8,10H2,1H3. The number of halogens is 3. The molecular formula is C15H20F3N3O4S. The fraction of sp³-hybridized carbons (Fsp3) is 0.600. The zero-order valence-corrected chi connectivity index (χ0v) is 14.9. The van der Waals surface area contributed by atoms with E-state index in [1.165, 1.54) is 0 Å². The molecule has 1 N–H and O–H groups in total. The highest BCUT2D eigenvalue weighted by molar-refractivity contribution is 7.92. The van der Waals surface area contributed by atoms with Gasteiger partial charge in [0.1, 0.15) is 5.69 Å². The Kier molecular flexibility index (Phi) is 6.12. The molecule has 11 heteroatoms. The van der Waals surface area contributed by atoms with Gasteiger partial charge in [-0.05, 0) is 37.4 Å². The number of likely N-dealkylation sites (tertiary alicyclic amines) is 1. The van der Waals surface area contributed by atoms with Crippen LogP contribution in [-0.4, -0.2) is 49.9 Å². The first-order chi connectivity index (χ1) is 12.0. The van der Waals surface area contributed by atoms with E-state index in [1.54, 1.807) is 0 Å². The molecule has 1 aliphatic rings. The number of hydrogen-bond acceptors (Lipinski definition) is 6. The molecule has 0 aliphatic carbocycles. The zero-order valence-electron chi connectivity index (χ0n) is 14.1. The Bertz CT molecular complexity index is 768. The lowest BCUT2D eigenvalue weighted by Gasteiger charge is -2.30. The third-order valence-electron chi connectivity index (χ3n) is 4.27. The molecule has 0 saturated carbocycles. The highest BCUT2D eigenvalue weighted by Crippen LogP contribution is 2.34. The summed E-state index contributed by atoms with van der Waals surface area (Å²) < 4.78 is 60.7. The summed E-state index contributed by atoms with van der Waals surface area (Å²) in [4.78, 5) is 11.3. The molecule has 26 heavy (non-hydrogen) atoms. The van der Waals surface area contributed by atoms with E-state index < -0.39 is 30.9 Å². The van der Waals surface area contributed by atoms with Crippen LogP contribution < -0.4 is 5.32 Å². The van der Waals surface area contributed by atoms with Gasteiger partial charge in [-0.3, -0.25) is 10.1 Å². The first-order valence-corrected chi connectivity index (χ1v) is 9.56. The van der Waals surface area contributed by atoms with Gasteiger partial charge in [0, 0.05) is 25.7 Å². The normalized spacial score (nSPS) is 19.3. The summed E-state index contributed by atoms with van der Waals surface area (Å²) in [5.41, 5.74) is -6.23. The number of nitro groups is 1. The summed E-state index contributed by atoms with van der Waals surface area (Å²) in [6, 6.07) is 2.16. The molecule has 1 unspecified atom stereocenters. The summed E-state index contributed by atoms with van der Waals surface area (Å²) in [6.07, 6.45) is 2.23. The number of rotatable bonds is 6. The highest BCUT2D eigenvalue weighted by Gasteiger charge is 2.47. The predicted molar refractivity (Wildman–Crippen MR) is 89.7 cm³/mol. The number of hydrogen-bond donors (Lipinski definition) is 1. The molecular weight excluding hydrogens is 375 g/mol. The molecule has 1 atom stereocenters. The van der Waals surface area contributed by atoms with Crippen molar-refractivity contribution < 1.29 is 26.5 Å². The van der Waals surface area contributed by atoms with Gasteiger partial charge in [-0.25, -0.2) is 8.42 Å². The summed E-state index contributed by atoms with van der Waals surface area (Å²) in [6.45, 7) is 4.98. The molecule has 0 radical (unpaired) electrons. The van der Waals surface area contributed by atoms with Crippen LogP contribution in [-0.2, 0) is 9.84 Å². The smallest absolute Gasteiger partial charge is 0.378 e. The number of alkyl halides is 3. The van der Waals surface area contributed by atoms with Crippen LogP contribution in [0.5, 0.6) is 0 Å². The van der Waals surface area contributed by atoms with Gasteiger partial charge in [0.2, 0.25) is 0 Å². The van der Waals surface area contributed by atoms with Crippen molar-refractivity contribution in [1.29, 1.82) is 0 Å². The van der Waals surface area contributed by atoms with Crippen molar-refractivity contribution >= 4 is 21.2 Å². The second-order valence-corrected chi connectivity index (χ2v) is 8.30. The SMILES string of the molecule is CC1CCCN(CCNc2ccc(S(=O)(=O)C(F)(F)F)cc2[N+](=O)[O-])C1. The van der Waals surface area contributed by atoms with Crippen molar-refractivity contribution in [3.63, 3.8) is 0 Å². The lowest BCUT2D eigenvalue weighted by molar-refractivity contribution is -0.384. The second-order valence-electron chi connectivity index (χ2n) is 6.36. The Hall–Kier alpha value is -1.88. The molecule has 0 aromatic heterocycles. The Balaban J connectivity index is 2.13. The first kappa shape index (κ1) is 20.4. The Morgan fingerprint density at radius 2 is 2.08 bits per heavy atom. The van der Waals surface area contributed by atoms with Crippen LogP contribution in [0.25, 0.3) is 0 Å². The topological polar surface area (TPSA) is 92.6 Å². The van der Waals surface area contributed by atoms with Gasteiger partial charge in [0.25, 0.3) is 15.5 Å². The first-order valence-electron chi connectivity index (χ1n) is 8.08. The van der Waals surface area contributed by atoms with Crippen LogP contribution in [0.2, 0.25) is 0 Å². The summed E-state index contributed by atoms with van der Waals surface area (Å²) in [5, 5.41) is 14.0. The van der Waals surface area contributed by atoms with Crippen LogP contribution in [0.15, 0.2) is 23.1 Å². The number of piperidine rings is 1. The number of nitrogens with one attached hydrogen (secondary N) is 1. The maximum atomic E-state index is 12.6.